The molecule has 1 unspecified atom stereocenters. The lowest BCUT2D eigenvalue weighted by molar-refractivity contribution is -0.167. The van der Waals surface area contributed by atoms with Gasteiger partial charge in [0.05, 0.1) is 25.7 Å². The van der Waals surface area contributed by atoms with Crippen molar-refractivity contribution >= 4 is 18.1 Å². The van der Waals surface area contributed by atoms with Crippen molar-refractivity contribution in [2.75, 3.05) is 18.1 Å². The number of β-lactam (4-membered cyclic amide) rings is 1. The van der Waals surface area contributed by atoms with Gasteiger partial charge in [0, 0.05) is 17.7 Å². The molecule has 2 heterocycles. The normalized spacial score (nSPS) is 17.8. The van der Waals surface area contributed by atoms with Gasteiger partial charge < -0.3 is 19.1 Å². The van der Waals surface area contributed by atoms with Gasteiger partial charge in [-0.2, -0.15) is 0 Å². The van der Waals surface area contributed by atoms with Gasteiger partial charge in [-0.25, -0.2) is 8.78 Å². The van der Waals surface area contributed by atoms with E-state index in [2.05, 4.69) is 0 Å². The second kappa shape index (κ2) is 11.9. The summed E-state index contributed by atoms with van der Waals surface area (Å²) in [4.78, 5) is 23.7. The lowest BCUT2D eigenvalue weighted by Gasteiger charge is -2.40. The number of benzene rings is 3. The topological polar surface area (TPSA) is 65.1 Å². The molecule has 2 saturated heterocycles. The summed E-state index contributed by atoms with van der Waals surface area (Å²) in [7, 11) is 0. The Morgan fingerprint density at radius 3 is 2.00 bits per heavy atom. The van der Waals surface area contributed by atoms with Gasteiger partial charge in [-0.15, -0.1) is 0 Å². The van der Waals surface area contributed by atoms with Crippen molar-refractivity contribution < 1.29 is 32.6 Å². The highest BCUT2D eigenvalue weighted by molar-refractivity contribution is 6.01. The fourth-order valence-electron chi connectivity index (χ4n) is 4.17. The molecule has 3 aromatic carbocycles. The van der Waals surface area contributed by atoms with Gasteiger partial charge in [0.1, 0.15) is 17.4 Å². The monoisotopic (exact) mass is 497 g/mol. The second-order valence-electron chi connectivity index (χ2n) is 8.05. The molecule has 3 aromatic rings. The summed E-state index contributed by atoms with van der Waals surface area (Å²) >= 11 is 0. The van der Waals surface area contributed by atoms with Crippen LogP contribution in [0.1, 0.15) is 44.4 Å². The minimum Gasteiger partial charge on any atom is -0.429 e. The number of carbonyl (C=O) groups excluding carboxylic acids is 2. The van der Waals surface area contributed by atoms with Gasteiger partial charge in [-0.1, -0.05) is 38.6 Å². The molecular formula is C28H29F2NO5. The molecule has 0 N–H and O–H groups in total. The van der Waals surface area contributed by atoms with Crippen LogP contribution in [0.5, 0.6) is 5.75 Å². The number of nitrogens with zero attached hydrogens (tertiary/aromatic N) is 1. The highest BCUT2D eigenvalue weighted by Gasteiger charge is 2.38. The summed E-state index contributed by atoms with van der Waals surface area (Å²) < 4.78 is 41.6. The zero-order chi connectivity index (χ0) is 24.8. The fourth-order valence-corrected chi connectivity index (χ4v) is 4.17. The molecule has 0 saturated carbocycles. The van der Waals surface area contributed by atoms with E-state index in [9.17, 15) is 18.4 Å². The van der Waals surface area contributed by atoms with E-state index in [4.69, 9.17) is 14.2 Å². The van der Waals surface area contributed by atoms with Crippen molar-refractivity contribution in [2.45, 2.75) is 39.0 Å². The lowest BCUT2D eigenvalue weighted by atomic mass is 9.93. The van der Waals surface area contributed by atoms with Gasteiger partial charge >= 0.3 is 0 Å². The summed E-state index contributed by atoms with van der Waals surface area (Å²) in [6, 6.07) is 19.0. The molecule has 0 bridgehead atoms. The third kappa shape index (κ3) is 5.78. The molecule has 0 aromatic heterocycles. The summed E-state index contributed by atoms with van der Waals surface area (Å²) in [5.74, 6) is -0.766. The van der Waals surface area contributed by atoms with Crippen molar-refractivity contribution in [1.29, 1.82) is 0 Å². The molecule has 0 radical (unpaired) electrons. The van der Waals surface area contributed by atoms with Crippen LogP contribution in [-0.2, 0) is 24.8 Å². The van der Waals surface area contributed by atoms with Crippen LogP contribution in [0.4, 0.5) is 14.5 Å². The molecule has 0 aliphatic carbocycles. The molecule has 190 valence electrons. The lowest BCUT2D eigenvalue weighted by Crippen LogP contribution is -2.46. The van der Waals surface area contributed by atoms with E-state index in [1.54, 1.807) is 41.3 Å². The third-order valence-corrected chi connectivity index (χ3v) is 6.01. The predicted molar refractivity (Wildman–Crippen MR) is 131 cm³/mol. The molecule has 5 rings (SSSR count). The standard InChI is InChI=1S/C16H12FNO3.C11H13FO2.CH4/c17-12-3-5-13(6-4-12)18-15(9-16(18)20)11-1-7-14(8-2-11)21-10-19;1-2-11(13-7-8-14-11)9-3-5-10(12)6-4-9;/h1-8,10,15H,9H2;3-6H,2,7-8H2,1H3;1H4. The predicted octanol–water partition coefficient (Wildman–Crippen LogP) is 5.91. The molecule has 1 amide bonds. The minimum absolute atomic E-state index is 0. The van der Waals surface area contributed by atoms with Gasteiger partial charge in [-0.3, -0.25) is 9.59 Å². The molecule has 2 aliphatic rings. The number of anilines is 1. The second-order valence-corrected chi connectivity index (χ2v) is 8.05. The Morgan fingerprint density at radius 2 is 1.50 bits per heavy atom. The van der Waals surface area contributed by atoms with E-state index < -0.39 is 5.79 Å². The maximum absolute atomic E-state index is 13.0. The molecular weight excluding hydrogens is 468 g/mol. The van der Waals surface area contributed by atoms with E-state index in [-0.39, 0.29) is 31.0 Å². The smallest absolute Gasteiger partial charge is 0.298 e. The Labute approximate surface area is 209 Å². The first-order chi connectivity index (χ1) is 17.0. The van der Waals surface area contributed by atoms with Gasteiger partial charge in [-0.05, 0) is 54.1 Å². The zero-order valence-corrected chi connectivity index (χ0v) is 19.2. The number of amides is 1. The zero-order valence-electron chi connectivity index (χ0n) is 19.2. The Kier molecular flexibility index (Phi) is 8.90. The van der Waals surface area contributed by atoms with Crippen LogP contribution in [0.2, 0.25) is 0 Å². The maximum Gasteiger partial charge on any atom is 0.298 e. The average molecular weight is 498 g/mol. The molecule has 6 nitrogen and oxygen atoms in total. The van der Waals surface area contributed by atoms with Crippen LogP contribution in [-0.4, -0.2) is 25.6 Å². The Bertz CT molecular complexity index is 1140. The first kappa shape index (κ1) is 27.0. The summed E-state index contributed by atoms with van der Waals surface area (Å²) in [6.45, 7) is 3.57. The maximum atomic E-state index is 13.0. The number of hydrogen-bond acceptors (Lipinski definition) is 5. The molecule has 36 heavy (non-hydrogen) atoms. The first-order valence-corrected chi connectivity index (χ1v) is 11.3. The van der Waals surface area contributed by atoms with E-state index in [0.717, 1.165) is 17.5 Å². The van der Waals surface area contributed by atoms with Crippen LogP contribution >= 0.6 is 0 Å². The van der Waals surface area contributed by atoms with Crippen LogP contribution in [0.15, 0.2) is 72.8 Å². The number of carbonyl (C=O) groups is 2. The minimum atomic E-state index is -0.645. The summed E-state index contributed by atoms with van der Waals surface area (Å²) in [5.41, 5.74) is 2.50. The Morgan fingerprint density at radius 1 is 0.944 bits per heavy atom. The van der Waals surface area contributed by atoms with Gasteiger partial charge in [0.25, 0.3) is 6.47 Å². The van der Waals surface area contributed by atoms with Crippen molar-refractivity contribution in [3.05, 3.63) is 95.6 Å². The fraction of sp³-hybridized carbons (Fsp3) is 0.286. The molecule has 0 spiro atoms. The van der Waals surface area contributed by atoms with Crippen LogP contribution < -0.4 is 9.64 Å². The third-order valence-electron chi connectivity index (χ3n) is 6.01. The number of hydrogen-bond donors (Lipinski definition) is 0. The van der Waals surface area contributed by atoms with Crippen molar-refractivity contribution in [3.63, 3.8) is 0 Å². The highest BCUT2D eigenvalue weighted by Crippen LogP contribution is 2.39. The van der Waals surface area contributed by atoms with Crippen molar-refractivity contribution in [3.8, 4) is 5.75 Å². The van der Waals surface area contributed by atoms with Crippen LogP contribution in [0.25, 0.3) is 0 Å². The van der Waals surface area contributed by atoms with Crippen LogP contribution in [0.3, 0.4) is 0 Å². The largest absolute Gasteiger partial charge is 0.429 e. The number of halogens is 2. The van der Waals surface area contributed by atoms with Crippen LogP contribution in [0, 0.1) is 11.6 Å². The van der Waals surface area contributed by atoms with Crippen molar-refractivity contribution in [2.24, 2.45) is 0 Å². The van der Waals surface area contributed by atoms with Crippen molar-refractivity contribution in [1.82, 2.24) is 0 Å². The summed E-state index contributed by atoms with van der Waals surface area (Å²) in [5, 5.41) is 0. The highest BCUT2D eigenvalue weighted by atomic mass is 19.1. The molecule has 1 atom stereocenters. The SMILES string of the molecule is C.CCC1(c2ccc(F)cc2)OCCO1.O=COc1ccc(C2CC(=O)N2c2ccc(F)cc2)cc1. The van der Waals surface area contributed by atoms with Gasteiger partial charge in [0.15, 0.2) is 5.79 Å². The molecule has 2 fully saturated rings. The average Bonchev–Trinajstić information content (AvgIpc) is 3.36. The molecule has 2 aliphatic heterocycles. The summed E-state index contributed by atoms with van der Waals surface area (Å²) in [6.07, 6.45) is 1.14. The van der Waals surface area contributed by atoms with E-state index in [1.807, 2.05) is 19.1 Å². The van der Waals surface area contributed by atoms with E-state index in [1.165, 1.54) is 24.3 Å². The molecule has 8 heteroatoms. The number of rotatable bonds is 6. The Hall–Kier alpha value is -3.62. The quantitative estimate of drug-likeness (QED) is 0.313. The first-order valence-electron chi connectivity index (χ1n) is 11.3. The Balaban J connectivity index is 0.000000210. The number of ether oxygens (including phenoxy) is 3. The van der Waals surface area contributed by atoms with E-state index in [0.29, 0.717) is 37.5 Å². The van der Waals surface area contributed by atoms with E-state index >= 15 is 0 Å². The van der Waals surface area contributed by atoms with Gasteiger partial charge in [0.2, 0.25) is 5.91 Å².